The van der Waals surface area contributed by atoms with Crippen molar-refractivity contribution in [2.75, 3.05) is 26.1 Å². The molecule has 23 heavy (non-hydrogen) atoms. The van der Waals surface area contributed by atoms with Gasteiger partial charge < -0.3 is 20.1 Å². The molecule has 122 valence electrons. The number of hydrogen-bond donors (Lipinski definition) is 2. The molecule has 0 spiro atoms. The summed E-state index contributed by atoms with van der Waals surface area (Å²) < 4.78 is 10.4. The number of thiophene rings is 1. The predicted molar refractivity (Wildman–Crippen MR) is 88.7 cm³/mol. The second-order valence-electron chi connectivity index (χ2n) is 4.65. The van der Waals surface area contributed by atoms with E-state index in [9.17, 15) is 9.59 Å². The van der Waals surface area contributed by atoms with Crippen LogP contribution in [0.1, 0.15) is 11.7 Å². The second kappa shape index (κ2) is 8.30. The predicted octanol–water partition coefficient (Wildman–Crippen LogP) is 2.20. The average Bonchev–Trinajstić information content (AvgIpc) is 3.10. The molecule has 0 saturated carbocycles. The molecule has 2 rings (SSSR count). The van der Waals surface area contributed by atoms with E-state index >= 15 is 0 Å². The van der Waals surface area contributed by atoms with Crippen molar-refractivity contribution in [1.29, 1.82) is 0 Å². The monoisotopic (exact) mass is 334 g/mol. The average molecular weight is 334 g/mol. The van der Waals surface area contributed by atoms with E-state index in [0.29, 0.717) is 11.4 Å². The molecule has 0 aliphatic carbocycles. The molecule has 2 aromatic rings. The maximum Gasteiger partial charge on any atom is 0.313 e. The van der Waals surface area contributed by atoms with Crippen LogP contribution in [0.25, 0.3) is 0 Å². The molecule has 2 amide bonds. The summed E-state index contributed by atoms with van der Waals surface area (Å²) in [6.07, 6.45) is -0.288. The van der Waals surface area contributed by atoms with Gasteiger partial charge >= 0.3 is 11.8 Å². The minimum Gasteiger partial charge on any atom is -0.495 e. The lowest BCUT2D eigenvalue weighted by atomic mass is 10.2. The van der Waals surface area contributed by atoms with Gasteiger partial charge in [-0.2, -0.15) is 11.3 Å². The molecule has 1 aromatic carbocycles. The first kappa shape index (κ1) is 17.0. The molecule has 1 heterocycles. The van der Waals surface area contributed by atoms with Gasteiger partial charge in [0.1, 0.15) is 11.9 Å². The highest BCUT2D eigenvalue weighted by atomic mass is 32.1. The molecule has 0 aliphatic rings. The number of carbonyl (C=O) groups excluding carboxylic acids is 2. The number of para-hydroxylation sites is 2. The maximum atomic E-state index is 12.0. The number of anilines is 1. The summed E-state index contributed by atoms with van der Waals surface area (Å²) in [5.74, 6) is -0.996. The Kier molecular flexibility index (Phi) is 6.13. The van der Waals surface area contributed by atoms with Crippen LogP contribution in [0.15, 0.2) is 41.1 Å². The summed E-state index contributed by atoms with van der Waals surface area (Å²) in [7, 11) is 3.05. The fraction of sp³-hybridized carbons (Fsp3) is 0.250. The summed E-state index contributed by atoms with van der Waals surface area (Å²) in [6, 6.07) is 8.80. The molecule has 0 radical (unpaired) electrons. The third-order valence-corrected chi connectivity index (χ3v) is 3.91. The van der Waals surface area contributed by atoms with Gasteiger partial charge in [0, 0.05) is 13.7 Å². The first-order chi connectivity index (χ1) is 11.2. The Bertz CT molecular complexity index is 658. The Hall–Kier alpha value is -2.38. The highest BCUT2D eigenvalue weighted by Crippen LogP contribution is 2.23. The van der Waals surface area contributed by atoms with E-state index in [0.717, 1.165) is 5.56 Å². The summed E-state index contributed by atoms with van der Waals surface area (Å²) in [5.41, 5.74) is 1.40. The van der Waals surface area contributed by atoms with Crippen molar-refractivity contribution < 1.29 is 19.1 Å². The highest BCUT2D eigenvalue weighted by Gasteiger charge is 2.18. The summed E-state index contributed by atoms with van der Waals surface area (Å²) in [6.45, 7) is 0.214. The van der Waals surface area contributed by atoms with Crippen molar-refractivity contribution >= 4 is 28.8 Å². The van der Waals surface area contributed by atoms with Gasteiger partial charge in [-0.25, -0.2) is 0 Å². The Labute approximate surface area is 138 Å². The Balaban J connectivity index is 1.91. The molecule has 2 N–H and O–H groups in total. The van der Waals surface area contributed by atoms with Gasteiger partial charge in [0.25, 0.3) is 0 Å². The van der Waals surface area contributed by atoms with Crippen molar-refractivity contribution in [1.82, 2.24) is 5.32 Å². The number of nitrogens with one attached hydrogen (secondary N) is 2. The molecular formula is C16H18N2O4S. The molecule has 0 fully saturated rings. The summed E-state index contributed by atoms with van der Waals surface area (Å²) >= 11 is 1.54. The third kappa shape index (κ3) is 4.54. The van der Waals surface area contributed by atoms with Crippen LogP contribution in [0, 0.1) is 0 Å². The van der Waals surface area contributed by atoms with E-state index in [4.69, 9.17) is 9.47 Å². The van der Waals surface area contributed by atoms with E-state index in [1.54, 1.807) is 42.7 Å². The number of ether oxygens (including phenoxy) is 2. The molecule has 0 bridgehead atoms. The van der Waals surface area contributed by atoms with E-state index in [1.165, 1.54) is 7.11 Å². The minimum absolute atomic E-state index is 0.214. The second-order valence-corrected chi connectivity index (χ2v) is 5.43. The molecular weight excluding hydrogens is 316 g/mol. The van der Waals surface area contributed by atoms with Gasteiger partial charge in [0.2, 0.25) is 0 Å². The van der Waals surface area contributed by atoms with Crippen LogP contribution in [0.4, 0.5) is 5.69 Å². The van der Waals surface area contributed by atoms with Crippen LogP contribution in [0.5, 0.6) is 5.75 Å². The van der Waals surface area contributed by atoms with Gasteiger partial charge in [-0.15, -0.1) is 0 Å². The van der Waals surface area contributed by atoms with Gasteiger partial charge in [-0.05, 0) is 34.5 Å². The van der Waals surface area contributed by atoms with Crippen molar-refractivity contribution in [3.63, 3.8) is 0 Å². The number of amides is 2. The van der Waals surface area contributed by atoms with Crippen LogP contribution >= 0.6 is 11.3 Å². The largest absolute Gasteiger partial charge is 0.495 e. The number of benzene rings is 1. The molecule has 0 aliphatic heterocycles. The lowest BCUT2D eigenvalue weighted by Gasteiger charge is -2.15. The lowest BCUT2D eigenvalue weighted by Crippen LogP contribution is -2.38. The fourth-order valence-corrected chi connectivity index (χ4v) is 2.69. The summed E-state index contributed by atoms with van der Waals surface area (Å²) in [5, 5.41) is 8.96. The molecule has 7 heteroatoms. The third-order valence-electron chi connectivity index (χ3n) is 3.21. The normalized spacial score (nSPS) is 11.6. The van der Waals surface area contributed by atoms with Crippen LogP contribution in [-0.4, -0.2) is 32.6 Å². The zero-order chi connectivity index (χ0) is 16.7. The number of carbonyl (C=O) groups is 2. The highest BCUT2D eigenvalue weighted by molar-refractivity contribution is 7.07. The smallest absolute Gasteiger partial charge is 0.313 e. The maximum absolute atomic E-state index is 12.0. The topological polar surface area (TPSA) is 76.7 Å². The first-order valence-corrected chi connectivity index (χ1v) is 7.87. The molecule has 1 unspecified atom stereocenters. The zero-order valence-corrected chi connectivity index (χ0v) is 13.7. The fourth-order valence-electron chi connectivity index (χ4n) is 1.99. The molecule has 1 aromatic heterocycles. The Morgan fingerprint density at radius 3 is 2.61 bits per heavy atom. The standard InChI is InChI=1S/C16H18N2O4S/c1-21-13-6-4-3-5-12(13)18-16(20)15(19)17-9-14(22-2)11-7-8-23-10-11/h3-8,10,14H,9H2,1-2H3,(H,17,19)(H,18,20). The van der Waals surface area contributed by atoms with Gasteiger partial charge in [0.05, 0.1) is 12.8 Å². The zero-order valence-electron chi connectivity index (χ0n) is 12.9. The van der Waals surface area contributed by atoms with Crippen molar-refractivity contribution in [2.45, 2.75) is 6.10 Å². The van der Waals surface area contributed by atoms with Gasteiger partial charge in [-0.1, -0.05) is 12.1 Å². The van der Waals surface area contributed by atoms with E-state index < -0.39 is 11.8 Å². The minimum atomic E-state index is -0.755. The van der Waals surface area contributed by atoms with Crippen LogP contribution in [-0.2, 0) is 14.3 Å². The molecule has 1 atom stereocenters. The Morgan fingerprint density at radius 1 is 1.17 bits per heavy atom. The molecule has 6 nitrogen and oxygen atoms in total. The van der Waals surface area contributed by atoms with Crippen molar-refractivity contribution in [2.24, 2.45) is 0 Å². The quantitative estimate of drug-likeness (QED) is 0.794. The van der Waals surface area contributed by atoms with Crippen LogP contribution < -0.4 is 15.4 Å². The van der Waals surface area contributed by atoms with Crippen LogP contribution in [0.2, 0.25) is 0 Å². The van der Waals surface area contributed by atoms with Crippen LogP contribution in [0.3, 0.4) is 0 Å². The number of rotatable bonds is 6. The SMILES string of the molecule is COc1ccccc1NC(=O)C(=O)NCC(OC)c1ccsc1. The van der Waals surface area contributed by atoms with Crippen molar-refractivity contribution in [3.05, 3.63) is 46.7 Å². The number of methoxy groups -OCH3 is 2. The lowest BCUT2D eigenvalue weighted by molar-refractivity contribution is -0.136. The van der Waals surface area contributed by atoms with E-state index in [-0.39, 0.29) is 12.6 Å². The van der Waals surface area contributed by atoms with Gasteiger partial charge in [0.15, 0.2) is 0 Å². The number of hydrogen-bond acceptors (Lipinski definition) is 5. The van der Waals surface area contributed by atoms with Gasteiger partial charge in [-0.3, -0.25) is 9.59 Å². The van der Waals surface area contributed by atoms with Crippen molar-refractivity contribution in [3.8, 4) is 5.75 Å². The summed E-state index contributed by atoms with van der Waals surface area (Å²) in [4.78, 5) is 23.9. The Morgan fingerprint density at radius 2 is 1.96 bits per heavy atom. The van der Waals surface area contributed by atoms with E-state index in [1.807, 2.05) is 16.8 Å². The van der Waals surface area contributed by atoms with E-state index in [2.05, 4.69) is 10.6 Å². The first-order valence-electron chi connectivity index (χ1n) is 6.92. The molecule has 0 saturated heterocycles.